The minimum absolute atomic E-state index is 0.0486. The Labute approximate surface area is 213 Å². The maximum Gasteiger partial charge on any atom is 0.419 e. The highest BCUT2D eigenvalue weighted by Gasteiger charge is 2.27. The van der Waals surface area contributed by atoms with Gasteiger partial charge < -0.3 is 25.7 Å². The quantitative estimate of drug-likeness (QED) is 0.385. The fraction of sp³-hybridized carbons (Fsp3) is 0.444. The van der Waals surface area contributed by atoms with Gasteiger partial charge in [-0.05, 0) is 52.0 Å². The summed E-state index contributed by atoms with van der Waals surface area (Å²) in [6, 6.07) is 14.3. The van der Waals surface area contributed by atoms with Crippen LogP contribution in [-0.2, 0) is 4.74 Å². The number of nitrogens with zero attached hydrogens (tertiary/aromatic N) is 1. The molecule has 9 nitrogen and oxygen atoms in total. The van der Waals surface area contributed by atoms with Crippen LogP contribution in [-0.4, -0.2) is 40.3 Å². The number of fused-ring (bicyclic) bond motifs is 1. The highest BCUT2D eigenvalue weighted by atomic mass is 16.5. The van der Waals surface area contributed by atoms with Crippen molar-refractivity contribution in [2.24, 2.45) is 10.7 Å². The number of aliphatic hydroxyl groups is 1. The molecule has 2 aromatic carbocycles. The van der Waals surface area contributed by atoms with Gasteiger partial charge in [0.2, 0.25) is 5.90 Å². The second-order valence-corrected chi connectivity index (χ2v) is 8.60. The van der Waals surface area contributed by atoms with Crippen molar-refractivity contribution in [3.05, 3.63) is 75.1 Å². The third kappa shape index (κ3) is 11.3. The number of nitrogen functional groups attached to an aromatic ring is 1. The number of ether oxygens (including phenoxy) is 1. The molecule has 6 N–H and O–H groups in total. The molecule has 0 atom stereocenters. The SMILES string of the molecule is CC.CC.CC(C)(N)CO.CC1(C)COC(c2ccccc2N)=N1.O=c1[nH]c2ccccc2c(=O)o1. The van der Waals surface area contributed by atoms with Gasteiger partial charge in [0.15, 0.2) is 0 Å². The van der Waals surface area contributed by atoms with E-state index in [1.165, 1.54) is 0 Å². The van der Waals surface area contributed by atoms with Crippen LogP contribution in [0.1, 0.15) is 61.0 Å². The van der Waals surface area contributed by atoms with Gasteiger partial charge in [-0.25, -0.2) is 14.6 Å². The lowest BCUT2D eigenvalue weighted by atomic mass is 10.1. The number of nitrogens with two attached hydrogens (primary N) is 2. The molecule has 36 heavy (non-hydrogen) atoms. The van der Waals surface area contributed by atoms with Gasteiger partial charge in [0, 0.05) is 11.2 Å². The molecule has 1 aliphatic heterocycles. The number of H-pyrrole nitrogens is 1. The van der Waals surface area contributed by atoms with Crippen molar-refractivity contribution in [3.8, 4) is 0 Å². The number of aliphatic hydroxyl groups excluding tert-OH is 1. The smallest absolute Gasteiger partial charge is 0.419 e. The summed E-state index contributed by atoms with van der Waals surface area (Å²) in [5.74, 6) is -0.0631. The average Bonchev–Trinajstić information content (AvgIpc) is 3.21. The zero-order valence-corrected chi connectivity index (χ0v) is 22.7. The Hall–Kier alpha value is -3.43. The molecule has 9 heteroatoms. The van der Waals surface area contributed by atoms with E-state index in [4.69, 9.17) is 21.3 Å². The molecule has 1 aromatic heterocycles. The van der Waals surface area contributed by atoms with E-state index in [1.807, 2.05) is 65.8 Å². The summed E-state index contributed by atoms with van der Waals surface area (Å²) in [6.45, 7) is 16.3. The van der Waals surface area contributed by atoms with Crippen LogP contribution in [0.25, 0.3) is 10.9 Å². The lowest BCUT2D eigenvalue weighted by Crippen LogP contribution is -2.35. The van der Waals surface area contributed by atoms with E-state index in [9.17, 15) is 9.59 Å². The number of anilines is 1. The number of aromatic nitrogens is 1. The molecule has 0 spiro atoms. The fourth-order valence-corrected chi connectivity index (χ4v) is 2.46. The lowest BCUT2D eigenvalue weighted by Gasteiger charge is -2.12. The van der Waals surface area contributed by atoms with Crippen molar-refractivity contribution in [3.63, 3.8) is 0 Å². The molecule has 0 saturated heterocycles. The lowest BCUT2D eigenvalue weighted by molar-refractivity contribution is 0.221. The number of para-hydroxylation sites is 2. The number of hydrogen-bond donors (Lipinski definition) is 4. The Balaban J connectivity index is 0.000000507. The van der Waals surface area contributed by atoms with Crippen LogP contribution in [0.15, 0.2) is 67.5 Å². The fourth-order valence-electron chi connectivity index (χ4n) is 2.46. The number of benzene rings is 2. The van der Waals surface area contributed by atoms with Crippen molar-refractivity contribution in [2.75, 3.05) is 18.9 Å². The van der Waals surface area contributed by atoms with Gasteiger partial charge in [-0.2, -0.15) is 0 Å². The highest BCUT2D eigenvalue weighted by Crippen LogP contribution is 2.23. The van der Waals surface area contributed by atoms with Gasteiger partial charge in [0.25, 0.3) is 0 Å². The van der Waals surface area contributed by atoms with E-state index in [0.29, 0.717) is 29.1 Å². The Morgan fingerprint density at radius 3 is 2.06 bits per heavy atom. The first-order chi connectivity index (χ1) is 16.9. The molecule has 0 fully saturated rings. The Morgan fingerprint density at radius 2 is 1.56 bits per heavy atom. The van der Waals surface area contributed by atoms with Crippen molar-refractivity contribution >= 4 is 22.5 Å². The van der Waals surface area contributed by atoms with Crippen molar-refractivity contribution in [1.82, 2.24) is 4.98 Å². The predicted molar refractivity (Wildman–Crippen MR) is 149 cm³/mol. The van der Waals surface area contributed by atoms with Crippen LogP contribution in [0.3, 0.4) is 0 Å². The molecular weight excluding hydrogens is 460 g/mol. The van der Waals surface area contributed by atoms with Crippen LogP contribution in [0.2, 0.25) is 0 Å². The minimum atomic E-state index is -0.723. The summed E-state index contributed by atoms with van der Waals surface area (Å²) in [4.78, 5) is 28.6. The number of aliphatic imine (C=N–C) groups is 1. The van der Waals surface area contributed by atoms with Crippen molar-refractivity contribution < 1.29 is 14.3 Å². The van der Waals surface area contributed by atoms with Crippen LogP contribution < -0.4 is 22.8 Å². The summed E-state index contributed by atoms with van der Waals surface area (Å²) in [7, 11) is 0. The molecule has 0 radical (unpaired) electrons. The number of aromatic amines is 1. The minimum Gasteiger partial charge on any atom is -0.475 e. The largest absolute Gasteiger partial charge is 0.475 e. The van der Waals surface area contributed by atoms with Crippen LogP contribution >= 0.6 is 0 Å². The molecule has 0 aliphatic carbocycles. The molecule has 200 valence electrons. The second-order valence-electron chi connectivity index (χ2n) is 8.60. The third-order valence-electron chi connectivity index (χ3n) is 4.13. The summed E-state index contributed by atoms with van der Waals surface area (Å²) in [5, 5.41) is 8.66. The van der Waals surface area contributed by atoms with Gasteiger partial charge in [-0.15, -0.1) is 0 Å². The van der Waals surface area contributed by atoms with Gasteiger partial charge in [0.05, 0.1) is 28.6 Å². The normalized spacial score (nSPS) is 13.1. The van der Waals surface area contributed by atoms with E-state index in [-0.39, 0.29) is 12.1 Å². The van der Waals surface area contributed by atoms with Gasteiger partial charge >= 0.3 is 11.4 Å². The molecular formula is C27H42N4O5. The molecule has 4 rings (SSSR count). The summed E-state index contributed by atoms with van der Waals surface area (Å²) in [5.41, 5.74) is 12.1. The van der Waals surface area contributed by atoms with E-state index in [0.717, 1.165) is 5.56 Å². The van der Waals surface area contributed by atoms with Crippen LogP contribution in [0.4, 0.5) is 5.69 Å². The average molecular weight is 503 g/mol. The maximum absolute atomic E-state index is 11.0. The maximum atomic E-state index is 11.0. The molecule has 0 saturated carbocycles. The summed E-state index contributed by atoms with van der Waals surface area (Å²) >= 11 is 0. The molecule has 0 amide bonds. The Morgan fingerprint density at radius 1 is 1.03 bits per heavy atom. The molecule has 2 heterocycles. The first-order valence-electron chi connectivity index (χ1n) is 12.0. The monoisotopic (exact) mass is 502 g/mol. The van der Waals surface area contributed by atoms with Crippen molar-refractivity contribution in [2.45, 2.75) is 66.5 Å². The number of nitrogens with one attached hydrogen (secondary N) is 1. The van der Waals surface area contributed by atoms with Gasteiger partial charge in [-0.1, -0.05) is 52.0 Å². The van der Waals surface area contributed by atoms with Gasteiger partial charge in [-0.3, -0.25) is 4.98 Å². The van der Waals surface area contributed by atoms with Gasteiger partial charge in [0.1, 0.15) is 6.61 Å². The Kier molecular flexibility index (Phi) is 14.1. The predicted octanol–water partition coefficient (Wildman–Crippen LogP) is 4.07. The zero-order valence-electron chi connectivity index (χ0n) is 22.7. The van der Waals surface area contributed by atoms with Crippen LogP contribution in [0, 0.1) is 0 Å². The topological polar surface area (TPSA) is 157 Å². The van der Waals surface area contributed by atoms with E-state index < -0.39 is 16.9 Å². The van der Waals surface area contributed by atoms with Crippen molar-refractivity contribution in [1.29, 1.82) is 0 Å². The number of hydrogen-bond acceptors (Lipinski definition) is 8. The first-order valence-corrected chi connectivity index (χ1v) is 12.0. The molecule has 3 aromatic rings. The van der Waals surface area contributed by atoms with Crippen LogP contribution in [0.5, 0.6) is 0 Å². The zero-order chi connectivity index (χ0) is 27.9. The third-order valence-corrected chi connectivity index (χ3v) is 4.13. The molecule has 0 unspecified atom stereocenters. The van der Waals surface area contributed by atoms with E-state index >= 15 is 0 Å². The highest BCUT2D eigenvalue weighted by molar-refractivity contribution is 6.00. The van der Waals surface area contributed by atoms with E-state index in [2.05, 4.69) is 14.4 Å². The summed E-state index contributed by atoms with van der Waals surface area (Å²) < 4.78 is 9.83. The standard InChI is InChI=1S/C11H14N2O.C8H5NO3.C4H11NO.2C2H6/c1-11(2)7-14-10(13-11)8-5-3-4-6-9(8)12;10-7-5-3-1-2-4-6(5)9-8(11)12-7;1-4(2,5)3-6;2*1-2/h3-6H,7,12H2,1-2H3;1-4H,(H,9,11);6H,3,5H2,1-2H3;2*1-2H3. The van der Waals surface area contributed by atoms with E-state index in [1.54, 1.807) is 38.1 Å². The number of rotatable bonds is 2. The first kappa shape index (κ1) is 32.6. The summed E-state index contributed by atoms with van der Waals surface area (Å²) in [6.07, 6.45) is 0. The molecule has 0 bridgehead atoms. The molecule has 1 aliphatic rings. The Bertz CT molecular complexity index is 1190. The second kappa shape index (κ2) is 15.5.